The van der Waals surface area contributed by atoms with Crippen molar-refractivity contribution in [2.24, 2.45) is 11.8 Å². The van der Waals surface area contributed by atoms with Crippen molar-refractivity contribution in [3.63, 3.8) is 0 Å². The number of carbonyl (C=O) groups excluding carboxylic acids is 1. The molecule has 239 valence electrons. The fourth-order valence-electron chi connectivity index (χ4n) is 5.60. The Morgan fingerprint density at radius 1 is 0.867 bits per heavy atom. The second kappa shape index (κ2) is 16.1. The quantitative estimate of drug-likeness (QED) is 0.0916. The summed E-state index contributed by atoms with van der Waals surface area (Å²) in [6.45, 7) is 14.8. The molecule has 0 saturated carbocycles. The molecule has 0 aliphatic rings. The molecule has 0 aliphatic heterocycles. The molecule has 0 atom stereocenters. The van der Waals surface area contributed by atoms with Gasteiger partial charge in [-0.25, -0.2) is 4.98 Å². The Bertz CT molecular complexity index is 1740. The average molecular weight is 782 g/mol. The van der Waals surface area contributed by atoms with Gasteiger partial charge in [-0.1, -0.05) is 95.8 Å². The standard InChI is InChI=1S/C26H21N2O.C13H24O2.Ir/c1-26(2,3)22-13-18(12-17-8-4-5-9-19(17)22)23-14-24(28-16-27-23)21-15-29-25-11-7-6-10-20(21)25;1-5-10(6-2)12(14)9-13(15)11(7-3)8-4;/h4-11,13-16H,1-3H3;9-11,14H,5-8H2,1-4H3;/q-1;;/b;12-9-;. The number of para-hydroxylation sites is 1. The van der Waals surface area contributed by atoms with Crippen LogP contribution in [0.5, 0.6) is 0 Å². The van der Waals surface area contributed by atoms with Crippen LogP contribution in [0.4, 0.5) is 0 Å². The monoisotopic (exact) mass is 782 g/mol. The molecule has 5 aromatic rings. The Balaban J connectivity index is 0.000000297. The normalized spacial score (nSPS) is 11.9. The van der Waals surface area contributed by atoms with Crippen molar-refractivity contribution in [1.29, 1.82) is 0 Å². The molecule has 5 rings (SSSR count). The first-order chi connectivity index (χ1) is 21.1. The number of aliphatic hydroxyl groups excluding tert-OH is 1. The van der Waals surface area contributed by atoms with E-state index >= 15 is 0 Å². The van der Waals surface area contributed by atoms with Crippen molar-refractivity contribution in [2.75, 3.05) is 0 Å². The second-order valence-corrected chi connectivity index (χ2v) is 12.3. The number of hydrogen-bond donors (Lipinski definition) is 1. The molecule has 0 fully saturated rings. The van der Waals surface area contributed by atoms with E-state index in [4.69, 9.17) is 4.42 Å². The van der Waals surface area contributed by atoms with Crippen molar-refractivity contribution in [3.8, 4) is 22.5 Å². The molecule has 0 unspecified atom stereocenters. The molecular weight excluding hydrogens is 737 g/mol. The van der Waals surface area contributed by atoms with Crippen molar-refractivity contribution in [1.82, 2.24) is 9.97 Å². The van der Waals surface area contributed by atoms with Gasteiger partial charge in [-0.3, -0.25) is 9.78 Å². The Morgan fingerprint density at radius 3 is 2.11 bits per heavy atom. The minimum Gasteiger partial charge on any atom is -0.512 e. The molecule has 45 heavy (non-hydrogen) atoms. The number of ketones is 1. The molecule has 6 heteroatoms. The predicted molar refractivity (Wildman–Crippen MR) is 182 cm³/mol. The molecule has 2 aromatic heterocycles. The first kappa shape index (κ1) is 35.9. The Morgan fingerprint density at radius 2 is 1.47 bits per heavy atom. The maximum absolute atomic E-state index is 11.7. The summed E-state index contributed by atoms with van der Waals surface area (Å²) in [6.07, 6.45) is 8.29. The van der Waals surface area contributed by atoms with Crippen LogP contribution >= 0.6 is 0 Å². The topological polar surface area (TPSA) is 76.2 Å². The fourth-order valence-corrected chi connectivity index (χ4v) is 5.60. The molecule has 5 nitrogen and oxygen atoms in total. The summed E-state index contributed by atoms with van der Waals surface area (Å²) < 4.78 is 5.70. The van der Waals surface area contributed by atoms with E-state index < -0.39 is 0 Å². The Hall–Kier alpha value is -3.60. The van der Waals surface area contributed by atoms with E-state index in [1.165, 1.54) is 17.0 Å². The van der Waals surface area contributed by atoms with Crippen LogP contribution in [0.1, 0.15) is 79.7 Å². The van der Waals surface area contributed by atoms with Gasteiger partial charge in [0.1, 0.15) is 18.2 Å². The zero-order valence-corrected chi connectivity index (χ0v) is 29.9. The number of fused-ring (bicyclic) bond motifs is 2. The molecule has 2 heterocycles. The molecule has 0 amide bonds. The fraction of sp³-hybridized carbons (Fsp3) is 0.359. The number of carbonyl (C=O) groups is 1. The van der Waals surface area contributed by atoms with Gasteiger partial charge in [0.15, 0.2) is 5.78 Å². The first-order valence-corrected chi connectivity index (χ1v) is 15.8. The Kier molecular flexibility index (Phi) is 12.8. The molecule has 1 N–H and O–H groups in total. The number of allylic oxidation sites excluding steroid dienone is 2. The average Bonchev–Trinajstić information content (AvgIpc) is 3.46. The van der Waals surface area contributed by atoms with E-state index in [9.17, 15) is 9.90 Å². The van der Waals surface area contributed by atoms with Crippen LogP contribution in [-0.4, -0.2) is 20.9 Å². The molecule has 0 bridgehead atoms. The third-order valence-electron chi connectivity index (χ3n) is 8.37. The van der Waals surface area contributed by atoms with Crippen LogP contribution in [0.15, 0.2) is 89.5 Å². The van der Waals surface area contributed by atoms with E-state index in [0.29, 0.717) is 0 Å². The molecule has 1 radical (unpaired) electrons. The zero-order valence-electron chi connectivity index (χ0n) is 27.5. The Labute approximate surface area is 281 Å². The summed E-state index contributed by atoms with van der Waals surface area (Å²) in [5, 5.41) is 13.1. The maximum atomic E-state index is 11.7. The van der Waals surface area contributed by atoms with Crippen LogP contribution in [0.25, 0.3) is 44.3 Å². The third-order valence-corrected chi connectivity index (χ3v) is 8.37. The number of aliphatic hydroxyl groups is 1. The number of hydrogen-bond acceptors (Lipinski definition) is 5. The first-order valence-electron chi connectivity index (χ1n) is 15.8. The van der Waals surface area contributed by atoms with Gasteiger partial charge in [0.2, 0.25) is 0 Å². The van der Waals surface area contributed by atoms with Gasteiger partial charge in [-0.05, 0) is 43.2 Å². The number of aromatic nitrogens is 2. The van der Waals surface area contributed by atoms with Gasteiger partial charge in [0.05, 0.1) is 11.5 Å². The minimum atomic E-state index is 0. The summed E-state index contributed by atoms with van der Waals surface area (Å²) >= 11 is 0. The van der Waals surface area contributed by atoms with E-state index in [1.54, 1.807) is 12.6 Å². The summed E-state index contributed by atoms with van der Waals surface area (Å²) in [7, 11) is 0. The largest absolute Gasteiger partial charge is 0.512 e. The van der Waals surface area contributed by atoms with E-state index in [0.717, 1.165) is 64.6 Å². The van der Waals surface area contributed by atoms with Crippen LogP contribution in [0.2, 0.25) is 0 Å². The van der Waals surface area contributed by atoms with Crippen molar-refractivity contribution in [3.05, 3.63) is 96.7 Å². The van der Waals surface area contributed by atoms with Crippen LogP contribution in [0, 0.1) is 17.9 Å². The number of furan rings is 1. The van der Waals surface area contributed by atoms with E-state index in [-0.39, 0.29) is 48.9 Å². The van der Waals surface area contributed by atoms with E-state index in [1.807, 2.05) is 52.0 Å². The molecule has 3 aromatic carbocycles. The zero-order chi connectivity index (χ0) is 31.9. The number of nitrogens with zero attached hydrogens (tertiary/aromatic N) is 2. The summed E-state index contributed by atoms with van der Waals surface area (Å²) in [6, 6.07) is 24.2. The van der Waals surface area contributed by atoms with Crippen LogP contribution < -0.4 is 0 Å². The minimum absolute atomic E-state index is 0. The number of rotatable bonds is 9. The molecular formula is C39H45IrN2O3-. The molecule has 0 spiro atoms. The molecule has 0 aliphatic carbocycles. The maximum Gasteiger partial charge on any atom is 0.162 e. The van der Waals surface area contributed by atoms with Gasteiger partial charge in [-0.15, -0.1) is 29.1 Å². The van der Waals surface area contributed by atoms with Gasteiger partial charge < -0.3 is 9.52 Å². The van der Waals surface area contributed by atoms with Crippen LogP contribution in [-0.2, 0) is 30.3 Å². The second-order valence-electron chi connectivity index (χ2n) is 12.3. The molecule has 0 saturated heterocycles. The van der Waals surface area contributed by atoms with Crippen LogP contribution in [0.3, 0.4) is 0 Å². The SMILES string of the molecule is CC(C)(C)c1cc(-c2cc(-c3coc4ccccc34)ncn2)[c-]c2ccccc12.CCC(CC)C(=O)/C=C(\O)C(CC)CC.[Ir]. The summed E-state index contributed by atoms with van der Waals surface area (Å²) in [5.41, 5.74) is 5.81. The van der Waals surface area contributed by atoms with Gasteiger partial charge >= 0.3 is 0 Å². The summed E-state index contributed by atoms with van der Waals surface area (Å²) in [4.78, 5) is 20.8. The van der Waals surface area contributed by atoms with Crippen molar-refractivity contribution < 1.29 is 34.4 Å². The van der Waals surface area contributed by atoms with Gasteiger partial charge in [0.25, 0.3) is 0 Å². The van der Waals surface area contributed by atoms with Crippen molar-refractivity contribution >= 4 is 27.5 Å². The van der Waals surface area contributed by atoms with Crippen molar-refractivity contribution in [2.45, 2.75) is 79.6 Å². The van der Waals surface area contributed by atoms with Gasteiger partial charge in [-0.2, -0.15) is 0 Å². The predicted octanol–water partition coefficient (Wildman–Crippen LogP) is 10.7. The third kappa shape index (κ3) is 8.56. The van der Waals surface area contributed by atoms with E-state index in [2.05, 4.69) is 73.2 Å². The van der Waals surface area contributed by atoms with Gasteiger partial charge in [0, 0.05) is 54.7 Å². The number of benzene rings is 3. The summed E-state index contributed by atoms with van der Waals surface area (Å²) in [5.74, 6) is 0.547. The smallest absolute Gasteiger partial charge is 0.162 e.